The molecule has 0 aliphatic carbocycles. The third-order valence-electron chi connectivity index (χ3n) is 3.64. The van der Waals surface area contributed by atoms with E-state index in [1.165, 1.54) is 11.3 Å². The summed E-state index contributed by atoms with van der Waals surface area (Å²) in [7, 11) is 2.05. The van der Waals surface area contributed by atoms with Gasteiger partial charge >= 0.3 is 0 Å². The van der Waals surface area contributed by atoms with Crippen LogP contribution in [0.25, 0.3) is 10.2 Å². The Kier molecular flexibility index (Phi) is 4.64. The van der Waals surface area contributed by atoms with Crippen molar-refractivity contribution in [3.63, 3.8) is 0 Å². The van der Waals surface area contributed by atoms with Gasteiger partial charge in [0.1, 0.15) is 0 Å². The van der Waals surface area contributed by atoms with Crippen LogP contribution in [0.4, 0.5) is 16.5 Å². The van der Waals surface area contributed by atoms with Crippen LogP contribution in [-0.4, -0.2) is 23.7 Å². The second kappa shape index (κ2) is 6.85. The predicted octanol–water partition coefficient (Wildman–Crippen LogP) is 4.66. The first-order chi connectivity index (χ1) is 11.2. The molecule has 118 valence electrons. The van der Waals surface area contributed by atoms with Gasteiger partial charge in [0, 0.05) is 19.3 Å². The second-order valence-corrected chi connectivity index (χ2v) is 6.20. The van der Waals surface area contributed by atoms with E-state index in [2.05, 4.69) is 34.1 Å². The van der Waals surface area contributed by atoms with Crippen LogP contribution in [0.1, 0.15) is 12.5 Å². The average molecular weight is 326 g/mol. The van der Waals surface area contributed by atoms with E-state index in [-0.39, 0.29) is 6.61 Å². The SMILES string of the molecule is CCN(C)c1ccc(N=Nc2nc3ccc(CO)cc3s2)cc1. The van der Waals surface area contributed by atoms with E-state index >= 15 is 0 Å². The van der Waals surface area contributed by atoms with Crippen LogP contribution in [0.2, 0.25) is 0 Å². The highest BCUT2D eigenvalue weighted by Gasteiger charge is 2.04. The molecule has 0 saturated carbocycles. The first-order valence-corrected chi connectivity index (χ1v) is 8.24. The summed E-state index contributed by atoms with van der Waals surface area (Å²) in [6.07, 6.45) is 0. The Morgan fingerprint density at radius 3 is 2.61 bits per heavy atom. The van der Waals surface area contributed by atoms with E-state index in [0.717, 1.165) is 33.7 Å². The molecule has 0 atom stereocenters. The number of nitrogens with zero attached hydrogens (tertiary/aromatic N) is 4. The lowest BCUT2D eigenvalue weighted by molar-refractivity contribution is 0.282. The van der Waals surface area contributed by atoms with Crippen molar-refractivity contribution in [2.24, 2.45) is 10.2 Å². The van der Waals surface area contributed by atoms with Crippen LogP contribution in [-0.2, 0) is 6.61 Å². The first kappa shape index (κ1) is 15.6. The zero-order chi connectivity index (χ0) is 16.2. The molecule has 3 rings (SSSR count). The molecule has 23 heavy (non-hydrogen) atoms. The van der Waals surface area contributed by atoms with Crippen molar-refractivity contribution in [1.82, 2.24) is 4.98 Å². The average Bonchev–Trinajstić information content (AvgIpc) is 3.01. The van der Waals surface area contributed by atoms with Gasteiger partial charge < -0.3 is 10.0 Å². The summed E-state index contributed by atoms with van der Waals surface area (Å²) in [5, 5.41) is 18.3. The summed E-state index contributed by atoms with van der Waals surface area (Å²) in [6.45, 7) is 3.11. The molecule has 0 saturated heterocycles. The van der Waals surface area contributed by atoms with Crippen LogP contribution >= 0.6 is 11.3 Å². The molecule has 0 fully saturated rings. The van der Waals surface area contributed by atoms with Gasteiger partial charge in [0.15, 0.2) is 0 Å². The highest BCUT2D eigenvalue weighted by atomic mass is 32.1. The topological polar surface area (TPSA) is 61.1 Å². The summed E-state index contributed by atoms with van der Waals surface area (Å²) in [5.74, 6) is 0. The molecule has 1 aromatic heterocycles. The third kappa shape index (κ3) is 3.55. The van der Waals surface area contributed by atoms with Crippen molar-refractivity contribution in [2.45, 2.75) is 13.5 Å². The molecule has 3 aromatic rings. The van der Waals surface area contributed by atoms with E-state index in [1.54, 1.807) is 0 Å². The number of aliphatic hydroxyl groups is 1. The Morgan fingerprint density at radius 2 is 1.91 bits per heavy atom. The fourth-order valence-corrected chi connectivity index (χ4v) is 3.01. The molecule has 6 heteroatoms. The number of hydrogen-bond acceptors (Lipinski definition) is 6. The number of aromatic nitrogens is 1. The third-order valence-corrected chi connectivity index (χ3v) is 4.54. The van der Waals surface area contributed by atoms with Gasteiger partial charge in [0.25, 0.3) is 0 Å². The van der Waals surface area contributed by atoms with Crippen molar-refractivity contribution in [1.29, 1.82) is 0 Å². The number of hydrogen-bond donors (Lipinski definition) is 1. The van der Waals surface area contributed by atoms with E-state index in [1.807, 2.05) is 42.5 Å². The number of azo groups is 1. The molecule has 1 heterocycles. The van der Waals surface area contributed by atoms with Gasteiger partial charge in [-0.25, -0.2) is 4.98 Å². The molecule has 0 spiro atoms. The fraction of sp³-hybridized carbons (Fsp3) is 0.235. The molecule has 2 aromatic carbocycles. The normalized spacial score (nSPS) is 11.4. The Bertz CT molecular complexity index is 826. The highest BCUT2D eigenvalue weighted by molar-refractivity contribution is 7.21. The van der Waals surface area contributed by atoms with Crippen molar-refractivity contribution >= 4 is 38.1 Å². The molecule has 0 aliphatic heterocycles. The van der Waals surface area contributed by atoms with E-state index in [0.29, 0.717) is 5.13 Å². The quantitative estimate of drug-likeness (QED) is 0.694. The monoisotopic (exact) mass is 326 g/mol. The van der Waals surface area contributed by atoms with Crippen LogP contribution < -0.4 is 4.90 Å². The summed E-state index contributed by atoms with van der Waals surface area (Å²) >= 11 is 1.47. The molecule has 5 nitrogen and oxygen atoms in total. The maximum Gasteiger partial charge on any atom is 0.231 e. The van der Waals surface area contributed by atoms with Crippen molar-refractivity contribution < 1.29 is 5.11 Å². The second-order valence-electron chi connectivity index (χ2n) is 5.19. The lowest BCUT2D eigenvalue weighted by atomic mass is 10.2. The zero-order valence-corrected chi connectivity index (χ0v) is 13.9. The molecule has 0 radical (unpaired) electrons. The van der Waals surface area contributed by atoms with Crippen LogP contribution in [0.15, 0.2) is 52.7 Å². The summed E-state index contributed by atoms with van der Waals surface area (Å²) in [5.41, 5.74) is 3.71. The smallest absolute Gasteiger partial charge is 0.231 e. The number of aliphatic hydroxyl groups excluding tert-OH is 1. The standard InChI is InChI=1S/C17H18N4OS/c1-3-21(2)14-7-5-13(6-8-14)19-20-17-18-15-9-4-12(11-22)10-16(15)23-17/h4-10,22H,3,11H2,1-2H3. The van der Waals surface area contributed by atoms with Crippen LogP contribution in [0.5, 0.6) is 0 Å². The van der Waals surface area contributed by atoms with Gasteiger partial charge in [-0.1, -0.05) is 17.4 Å². The lowest BCUT2D eigenvalue weighted by Crippen LogP contribution is -2.15. The van der Waals surface area contributed by atoms with Crippen LogP contribution in [0, 0.1) is 0 Å². The summed E-state index contributed by atoms with van der Waals surface area (Å²) in [6, 6.07) is 13.6. The minimum atomic E-state index is 0.0310. The molecule has 0 aliphatic rings. The molecule has 0 unspecified atom stereocenters. The van der Waals surface area contributed by atoms with Crippen molar-refractivity contribution in [3.05, 3.63) is 48.0 Å². The zero-order valence-electron chi connectivity index (χ0n) is 13.1. The number of rotatable bonds is 5. The Labute approximate surface area is 138 Å². The molecule has 0 amide bonds. The van der Waals surface area contributed by atoms with E-state index < -0.39 is 0 Å². The Balaban J connectivity index is 1.79. The first-order valence-electron chi connectivity index (χ1n) is 7.43. The maximum absolute atomic E-state index is 9.17. The van der Waals surface area contributed by atoms with Crippen molar-refractivity contribution in [2.75, 3.05) is 18.5 Å². The summed E-state index contributed by atoms with van der Waals surface area (Å²) in [4.78, 5) is 6.59. The van der Waals surface area contributed by atoms with Crippen molar-refractivity contribution in [3.8, 4) is 0 Å². The molecular weight excluding hydrogens is 308 g/mol. The van der Waals surface area contributed by atoms with E-state index in [4.69, 9.17) is 0 Å². The van der Waals surface area contributed by atoms with Gasteiger partial charge in [-0.2, -0.15) is 0 Å². The van der Waals surface area contributed by atoms with Gasteiger partial charge in [-0.3, -0.25) is 0 Å². The van der Waals surface area contributed by atoms with Gasteiger partial charge in [0.05, 0.1) is 22.5 Å². The minimum Gasteiger partial charge on any atom is -0.392 e. The number of thiazole rings is 1. The van der Waals surface area contributed by atoms with Gasteiger partial charge in [-0.15, -0.1) is 10.2 Å². The van der Waals surface area contributed by atoms with Gasteiger partial charge in [0.2, 0.25) is 5.13 Å². The minimum absolute atomic E-state index is 0.0310. The van der Waals surface area contributed by atoms with E-state index in [9.17, 15) is 5.11 Å². The predicted molar refractivity (Wildman–Crippen MR) is 95.1 cm³/mol. The van der Waals surface area contributed by atoms with Crippen LogP contribution in [0.3, 0.4) is 0 Å². The summed E-state index contributed by atoms with van der Waals surface area (Å²) < 4.78 is 1.01. The Morgan fingerprint density at radius 1 is 1.13 bits per heavy atom. The number of fused-ring (bicyclic) bond motifs is 1. The number of benzene rings is 2. The number of anilines is 1. The Hall–Kier alpha value is -2.31. The highest BCUT2D eigenvalue weighted by Crippen LogP contribution is 2.30. The largest absolute Gasteiger partial charge is 0.392 e. The molecule has 1 N–H and O–H groups in total. The fourth-order valence-electron chi connectivity index (χ4n) is 2.15. The molecule has 0 bridgehead atoms. The van der Waals surface area contributed by atoms with Gasteiger partial charge in [-0.05, 0) is 48.9 Å². The lowest BCUT2D eigenvalue weighted by Gasteiger charge is -2.16. The maximum atomic E-state index is 9.17. The molecular formula is C17H18N4OS.